The van der Waals surface area contributed by atoms with Gasteiger partial charge in [-0.25, -0.2) is 9.97 Å². The molecule has 0 amide bonds. The van der Waals surface area contributed by atoms with Crippen LogP contribution in [0.25, 0.3) is 11.3 Å². The second-order valence-corrected chi connectivity index (χ2v) is 3.41. The molecule has 0 aromatic carbocycles. The lowest BCUT2D eigenvalue weighted by molar-refractivity contribution is 0.398. The van der Waals surface area contributed by atoms with Gasteiger partial charge in [-0.05, 0) is 25.1 Å². The number of pyridine rings is 2. The molecule has 2 aromatic heterocycles. The summed E-state index contributed by atoms with van der Waals surface area (Å²) < 4.78 is 4.96. The highest BCUT2D eigenvalue weighted by molar-refractivity contribution is 5.65. The second-order valence-electron chi connectivity index (χ2n) is 3.41. The van der Waals surface area contributed by atoms with Gasteiger partial charge in [-0.15, -0.1) is 0 Å². The topological polar surface area (TPSA) is 55.2 Å². The molecule has 2 aromatic rings. The summed E-state index contributed by atoms with van der Waals surface area (Å²) in [6.45, 7) is 1.87. The summed E-state index contributed by atoms with van der Waals surface area (Å²) in [6.07, 6.45) is 1.63. The molecule has 0 bridgehead atoms. The van der Waals surface area contributed by atoms with Gasteiger partial charge in [0.15, 0.2) is 0 Å². The van der Waals surface area contributed by atoms with E-state index in [0.717, 1.165) is 11.3 Å². The predicted octanol–water partition coefficient (Wildman–Crippen LogP) is 2.17. The molecule has 0 aliphatic heterocycles. The molecular weight excluding hydrogens is 204 g/mol. The van der Waals surface area contributed by atoms with Gasteiger partial charge >= 0.3 is 0 Å². The van der Waals surface area contributed by atoms with Crippen LogP contribution in [0.3, 0.4) is 0 Å². The lowest BCUT2D eigenvalue weighted by Crippen LogP contribution is -1.90. The van der Waals surface area contributed by atoms with Crippen molar-refractivity contribution in [1.29, 1.82) is 0 Å². The molecule has 2 heterocycles. The fraction of sp³-hybridized carbons (Fsp3) is 0.167. The summed E-state index contributed by atoms with van der Waals surface area (Å²) in [5, 5.41) is 9.69. The van der Waals surface area contributed by atoms with E-state index in [1.807, 2.05) is 13.0 Å². The normalized spacial score (nSPS) is 10.1. The van der Waals surface area contributed by atoms with Crippen LogP contribution in [0.4, 0.5) is 0 Å². The van der Waals surface area contributed by atoms with E-state index < -0.39 is 0 Å². The number of aromatic hydroxyl groups is 1. The summed E-state index contributed by atoms with van der Waals surface area (Å²) in [5.74, 6) is 0.688. The van der Waals surface area contributed by atoms with Gasteiger partial charge in [-0.2, -0.15) is 0 Å². The smallest absolute Gasteiger partial charge is 0.212 e. The van der Waals surface area contributed by atoms with Gasteiger partial charge in [0.05, 0.1) is 7.11 Å². The van der Waals surface area contributed by atoms with Gasteiger partial charge in [0.2, 0.25) is 5.88 Å². The predicted molar refractivity (Wildman–Crippen MR) is 60.4 cm³/mol. The zero-order chi connectivity index (χ0) is 11.5. The average Bonchev–Trinajstić information content (AvgIpc) is 2.32. The molecule has 4 nitrogen and oxygen atoms in total. The van der Waals surface area contributed by atoms with Crippen molar-refractivity contribution < 1.29 is 9.84 Å². The third kappa shape index (κ3) is 1.95. The largest absolute Gasteiger partial charge is 0.506 e. The van der Waals surface area contributed by atoms with Gasteiger partial charge in [-0.3, -0.25) is 0 Å². The number of ether oxygens (including phenoxy) is 1. The maximum atomic E-state index is 9.69. The molecular formula is C12H12N2O2. The van der Waals surface area contributed by atoms with E-state index in [0.29, 0.717) is 11.6 Å². The quantitative estimate of drug-likeness (QED) is 0.835. The van der Waals surface area contributed by atoms with Crippen molar-refractivity contribution in [1.82, 2.24) is 9.97 Å². The van der Waals surface area contributed by atoms with Gasteiger partial charge in [0.25, 0.3) is 0 Å². The standard InChI is InChI=1S/C12H12N2O2/c1-8-3-5-10(15)12(14-8)9-4-6-11(16-2)13-7-9/h3-7,15H,1-2H3. The molecule has 1 N–H and O–H groups in total. The Balaban J connectivity index is 2.45. The van der Waals surface area contributed by atoms with Crippen molar-refractivity contribution in [2.75, 3.05) is 7.11 Å². The molecule has 2 rings (SSSR count). The van der Waals surface area contributed by atoms with Crippen LogP contribution < -0.4 is 4.74 Å². The molecule has 4 heteroatoms. The minimum Gasteiger partial charge on any atom is -0.506 e. The lowest BCUT2D eigenvalue weighted by atomic mass is 10.1. The number of aromatic nitrogens is 2. The summed E-state index contributed by atoms with van der Waals surface area (Å²) >= 11 is 0. The summed E-state index contributed by atoms with van der Waals surface area (Å²) in [6, 6.07) is 6.93. The highest BCUT2D eigenvalue weighted by Crippen LogP contribution is 2.27. The summed E-state index contributed by atoms with van der Waals surface area (Å²) in [4.78, 5) is 8.34. The van der Waals surface area contributed by atoms with Gasteiger partial charge < -0.3 is 9.84 Å². The van der Waals surface area contributed by atoms with Crippen molar-refractivity contribution in [2.45, 2.75) is 6.92 Å². The average molecular weight is 216 g/mol. The number of rotatable bonds is 2. The summed E-state index contributed by atoms with van der Waals surface area (Å²) in [7, 11) is 1.56. The van der Waals surface area contributed by atoms with Crippen LogP contribution in [0.1, 0.15) is 5.69 Å². The Hall–Kier alpha value is -2.10. The molecule has 82 valence electrons. The third-order valence-corrected chi connectivity index (χ3v) is 2.23. The highest BCUT2D eigenvalue weighted by Gasteiger charge is 2.06. The van der Waals surface area contributed by atoms with E-state index in [-0.39, 0.29) is 5.75 Å². The van der Waals surface area contributed by atoms with E-state index in [9.17, 15) is 5.11 Å². The Morgan fingerprint density at radius 2 is 2.00 bits per heavy atom. The molecule has 0 atom stereocenters. The van der Waals surface area contributed by atoms with Crippen LogP contribution in [0, 0.1) is 6.92 Å². The van der Waals surface area contributed by atoms with Crippen molar-refractivity contribution >= 4 is 0 Å². The molecule has 0 aliphatic rings. The van der Waals surface area contributed by atoms with E-state index in [1.54, 1.807) is 31.5 Å². The maximum Gasteiger partial charge on any atom is 0.212 e. The Morgan fingerprint density at radius 3 is 2.62 bits per heavy atom. The SMILES string of the molecule is COc1ccc(-c2nc(C)ccc2O)cn1. The van der Waals surface area contributed by atoms with E-state index in [4.69, 9.17) is 4.74 Å². The van der Waals surface area contributed by atoms with Gasteiger partial charge in [0, 0.05) is 23.5 Å². The van der Waals surface area contributed by atoms with Gasteiger partial charge in [-0.1, -0.05) is 0 Å². The highest BCUT2D eigenvalue weighted by atomic mass is 16.5. The van der Waals surface area contributed by atoms with E-state index in [1.165, 1.54) is 0 Å². The number of nitrogens with zero attached hydrogens (tertiary/aromatic N) is 2. The zero-order valence-electron chi connectivity index (χ0n) is 9.14. The molecule has 0 radical (unpaired) electrons. The first-order valence-corrected chi connectivity index (χ1v) is 4.88. The second kappa shape index (κ2) is 4.18. The van der Waals surface area contributed by atoms with Crippen molar-refractivity contribution in [2.24, 2.45) is 0 Å². The molecule has 16 heavy (non-hydrogen) atoms. The Labute approximate surface area is 93.6 Å². The lowest BCUT2D eigenvalue weighted by Gasteiger charge is -2.05. The van der Waals surface area contributed by atoms with Crippen LogP contribution in [0.5, 0.6) is 11.6 Å². The maximum absolute atomic E-state index is 9.69. The van der Waals surface area contributed by atoms with Crippen molar-refractivity contribution in [3.05, 3.63) is 36.2 Å². The van der Waals surface area contributed by atoms with E-state index >= 15 is 0 Å². The molecule has 0 fully saturated rings. The monoisotopic (exact) mass is 216 g/mol. The van der Waals surface area contributed by atoms with Crippen LogP contribution in [-0.2, 0) is 0 Å². The van der Waals surface area contributed by atoms with E-state index in [2.05, 4.69) is 9.97 Å². The van der Waals surface area contributed by atoms with Crippen LogP contribution in [-0.4, -0.2) is 22.2 Å². The zero-order valence-corrected chi connectivity index (χ0v) is 9.14. The number of hydrogen-bond donors (Lipinski definition) is 1. The molecule has 0 aliphatic carbocycles. The fourth-order valence-corrected chi connectivity index (χ4v) is 1.40. The third-order valence-electron chi connectivity index (χ3n) is 2.23. The Kier molecular flexibility index (Phi) is 2.72. The Morgan fingerprint density at radius 1 is 1.19 bits per heavy atom. The molecule has 0 unspecified atom stereocenters. The first-order chi connectivity index (χ1) is 7.70. The van der Waals surface area contributed by atoms with Crippen molar-refractivity contribution in [3.63, 3.8) is 0 Å². The number of methoxy groups -OCH3 is 1. The van der Waals surface area contributed by atoms with Crippen LogP contribution in [0.2, 0.25) is 0 Å². The first-order valence-electron chi connectivity index (χ1n) is 4.88. The minimum atomic E-state index is 0.151. The Bertz CT molecular complexity index is 495. The first kappa shape index (κ1) is 10.4. The van der Waals surface area contributed by atoms with Crippen LogP contribution in [0.15, 0.2) is 30.5 Å². The number of hydrogen-bond acceptors (Lipinski definition) is 4. The minimum absolute atomic E-state index is 0.151. The molecule has 0 saturated heterocycles. The molecule has 0 saturated carbocycles. The number of aryl methyl sites for hydroxylation is 1. The van der Waals surface area contributed by atoms with Crippen molar-refractivity contribution in [3.8, 4) is 22.9 Å². The fourth-order valence-electron chi connectivity index (χ4n) is 1.40. The summed E-state index contributed by atoms with van der Waals surface area (Å²) in [5.41, 5.74) is 2.15. The van der Waals surface area contributed by atoms with Crippen LogP contribution >= 0.6 is 0 Å². The molecule has 0 spiro atoms. The van der Waals surface area contributed by atoms with Gasteiger partial charge in [0.1, 0.15) is 11.4 Å².